The Kier molecular flexibility index (Phi) is 4.23. The molecule has 0 unspecified atom stereocenters. The molecule has 1 aliphatic rings. The van der Waals surface area contributed by atoms with Crippen LogP contribution in [0.4, 0.5) is 5.69 Å². The SMILES string of the molecule is N#CC(=Cc1csc(C2CC2)n1)C(=O)Nc1ccccc1Cl. The van der Waals surface area contributed by atoms with Gasteiger partial charge >= 0.3 is 0 Å². The average Bonchev–Trinajstić information content (AvgIpc) is 3.26. The summed E-state index contributed by atoms with van der Waals surface area (Å²) in [7, 11) is 0. The second-order valence-electron chi connectivity index (χ2n) is 4.99. The number of carbonyl (C=O) groups excluding carboxylic acids is 1. The Hall–Kier alpha value is -2.16. The lowest BCUT2D eigenvalue weighted by Crippen LogP contribution is -2.13. The minimum absolute atomic E-state index is 0.00701. The van der Waals surface area contributed by atoms with Crippen LogP contribution >= 0.6 is 22.9 Å². The van der Waals surface area contributed by atoms with Gasteiger partial charge in [0.05, 0.1) is 21.4 Å². The zero-order valence-electron chi connectivity index (χ0n) is 11.5. The van der Waals surface area contributed by atoms with E-state index >= 15 is 0 Å². The van der Waals surface area contributed by atoms with Crippen molar-refractivity contribution in [1.82, 2.24) is 4.98 Å². The van der Waals surface area contributed by atoms with E-state index in [1.165, 1.54) is 18.9 Å². The molecule has 0 bridgehead atoms. The fourth-order valence-electron chi connectivity index (χ4n) is 1.93. The van der Waals surface area contributed by atoms with Crippen LogP contribution in [0.1, 0.15) is 29.5 Å². The molecule has 1 aliphatic carbocycles. The molecule has 1 fully saturated rings. The van der Waals surface area contributed by atoms with Crippen LogP contribution in [0.5, 0.6) is 0 Å². The molecule has 2 aromatic rings. The number of hydrogen-bond acceptors (Lipinski definition) is 4. The summed E-state index contributed by atoms with van der Waals surface area (Å²) in [5.74, 6) is 0.0752. The maximum absolute atomic E-state index is 12.2. The smallest absolute Gasteiger partial charge is 0.266 e. The van der Waals surface area contributed by atoms with Crippen molar-refractivity contribution in [3.63, 3.8) is 0 Å². The third-order valence-electron chi connectivity index (χ3n) is 3.25. The highest BCUT2D eigenvalue weighted by molar-refractivity contribution is 7.09. The van der Waals surface area contributed by atoms with E-state index < -0.39 is 5.91 Å². The van der Waals surface area contributed by atoms with Gasteiger partial charge in [0.25, 0.3) is 5.91 Å². The Morgan fingerprint density at radius 2 is 2.23 bits per heavy atom. The van der Waals surface area contributed by atoms with Crippen LogP contribution in [0.15, 0.2) is 35.2 Å². The lowest BCUT2D eigenvalue weighted by Gasteiger charge is -2.05. The molecule has 3 rings (SSSR count). The first-order valence-corrected chi connectivity index (χ1v) is 8.06. The minimum atomic E-state index is -0.489. The van der Waals surface area contributed by atoms with Gasteiger partial charge < -0.3 is 5.32 Å². The minimum Gasteiger partial charge on any atom is -0.320 e. The highest BCUT2D eigenvalue weighted by Gasteiger charge is 2.26. The van der Waals surface area contributed by atoms with Crippen molar-refractivity contribution in [2.45, 2.75) is 18.8 Å². The van der Waals surface area contributed by atoms with Crippen molar-refractivity contribution in [2.24, 2.45) is 0 Å². The number of hydrogen-bond donors (Lipinski definition) is 1. The van der Waals surface area contributed by atoms with Gasteiger partial charge in [0, 0.05) is 11.3 Å². The highest BCUT2D eigenvalue weighted by Crippen LogP contribution is 2.41. The monoisotopic (exact) mass is 329 g/mol. The number of rotatable bonds is 4. The number of aromatic nitrogens is 1. The summed E-state index contributed by atoms with van der Waals surface area (Å²) < 4.78 is 0. The van der Waals surface area contributed by atoms with Gasteiger partial charge in [-0.15, -0.1) is 11.3 Å². The van der Waals surface area contributed by atoms with Gasteiger partial charge in [-0.25, -0.2) is 4.98 Å². The van der Waals surface area contributed by atoms with E-state index in [9.17, 15) is 10.1 Å². The van der Waals surface area contributed by atoms with E-state index in [0.717, 1.165) is 5.01 Å². The van der Waals surface area contributed by atoms with E-state index in [0.29, 0.717) is 22.3 Å². The van der Waals surface area contributed by atoms with Crippen LogP contribution in [-0.4, -0.2) is 10.9 Å². The van der Waals surface area contributed by atoms with Crippen LogP contribution in [0.25, 0.3) is 6.08 Å². The second kappa shape index (κ2) is 6.30. The quantitative estimate of drug-likeness (QED) is 0.674. The van der Waals surface area contributed by atoms with E-state index in [4.69, 9.17) is 11.6 Å². The molecule has 22 heavy (non-hydrogen) atoms. The summed E-state index contributed by atoms with van der Waals surface area (Å²) >= 11 is 7.57. The van der Waals surface area contributed by atoms with Gasteiger partial charge in [0.2, 0.25) is 0 Å². The van der Waals surface area contributed by atoms with Gasteiger partial charge in [-0.1, -0.05) is 23.7 Å². The summed E-state index contributed by atoms with van der Waals surface area (Å²) in [5.41, 5.74) is 1.14. The van der Waals surface area contributed by atoms with Crippen molar-refractivity contribution >= 4 is 40.6 Å². The lowest BCUT2D eigenvalue weighted by atomic mass is 10.2. The summed E-state index contributed by atoms with van der Waals surface area (Å²) in [6.07, 6.45) is 3.86. The number of nitrogens with one attached hydrogen (secondary N) is 1. The number of amides is 1. The Labute approximate surface area is 137 Å². The van der Waals surface area contributed by atoms with E-state index in [1.54, 1.807) is 35.6 Å². The van der Waals surface area contributed by atoms with Crippen LogP contribution in [-0.2, 0) is 4.79 Å². The molecule has 0 spiro atoms. The third kappa shape index (κ3) is 3.35. The number of benzene rings is 1. The Balaban J connectivity index is 1.77. The third-order valence-corrected chi connectivity index (χ3v) is 4.60. The van der Waals surface area contributed by atoms with E-state index in [1.807, 2.05) is 11.4 Å². The molecule has 1 N–H and O–H groups in total. The van der Waals surface area contributed by atoms with Gasteiger partial charge in [-0.05, 0) is 31.1 Å². The van der Waals surface area contributed by atoms with Gasteiger partial charge in [-0.2, -0.15) is 5.26 Å². The first kappa shape index (κ1) is 14.8. The van der Waals surface area contributed by atoms with Gasteiger partial charge in [0.15, 0.2) is 0 Å². The van der Waals surface area contributed by atoms with Crippen molar-refractivity contribution in [3.8, 4) is 6.07 Å². The number of nitriles is 1. The molecule has 1 aromatic carbocycles. The van der Waals surface area contributed by atoms with Gasteiger partial charge in [0.1, 0.15) is 11.6 Å². The molecule has 1 saturated carbocycles. The predicted molar refractivity (Wildman–Crippen MR) is 87.8 cm³/mol. The molecule has 1 aromatic heterocycles. The topological polar surface area (TPSA) is 65.8 Å². The zero-order valence-corrected chi connectivity index (χ0v) is 13.1. The molecule has 1 amide bonds. The summed E-state index contributed by atoms with van der Waals surface area (Å²) in [5, 5.41) is 15.2. The number of nitrogens with zero attached hydrogens (tertiary/aromatic N) is 2. The summed E-state index contributed by atoms with van der Waals surface area (Å²) in [4.78, 5) is 16.6. The van der Waals surface area contributed by atoms with Crippen LogP contribution in [0.2, 0.25) is 5.02 Å². The van der Waals surface area contributed by atoms with Crippen LogP contribution < -0.4 is 5.32 Å². The molecule has 6 heteroatoms. The number of para-hydroxylation sites is 1. The fraction of sp³-hybridized carbons (Fsp3) is 0.188. The molecule has 0 saturated heterocycles. The lowest BCUT2D eigenvalue weighted by molar-refractivity contribution is -0.112. The van der Waals surface area contributed by atoms with Crippen molar-refractivity contribution < 1.29 is 4.79 Å². The molecular weight excluding hydrogens is 318 g/mol. The molecule has 110 valence electrons. The van der Waals surface area contributed by atoms with Crippen LogP contribution in [0, 0.1) is 11.3 Å². The normalized spacial score (nSPS) is 14.5. The number of halogens is 1. The number of anilines is 1. The van der Waals surface area contributed by atoms with Gasteiger partial charge in [-0.3, -0.25) is 4.79 Å². The standard InChI is InChI=1S/C16H12ClN3OS/c17-13-3-1-2-4-14(13)20-15(21)11(8-18)7-12-9-22-16(19-12)10-5-6-10/h1-4,7,9-10H,5-6H2,(H,20,21). The Morgan fingerprint density at radius 1 is 1.45 bits per heavy atom. The summed E-state index contributed by atoms with van der Waals surface area (Å²) in [6, 6.07) is 8.81. The van der Waals surface area contributed by atoms with Crippen LogP contribution in [0.3, 0.4) is 0 Å². The van der Waals surface area contributed by atoms with E-state index in [2.05, 4.69) is 10.3 Å². The second-order valence-corrected chi connectivity index (χ2v) is 6.29. The highest BCUT2D eigenvalue weighted by atomic mass is 35.5. The summed E-state index contributed by atoms with van der Waals surface area (Å²) in [6.45, 7) is 0. The van der Waals surface area contributed by atoms with Crippen molar-refractivity contribution in [2.75, 3.05) is 5.32 Å². The molecule has 4 nitrogen and oxygen atoms in total. The molecule has 0 atom stereocenters. The maximum atomic E-state index is 12.2. The Morgan fingerprint density at radius 3 is 2.91 bits per heavy atom. The molecular formula is C16H12ClN3OS. The van der Waals surface area contributed by atoms with Crippen molar-refractivity contribution in [3.05, 3.63) is 50.9 Å². The zero-order chi connectivity index (χ0) is 15.5. The average molecular weight is 330 g/mol. The largest absolute Gasteiger partial charge is 0.320 e. The van der Waals surface area contributed by atoms with E-state index in [-0.39, 0.29) is 5.57 Å². The number of carbonyl (C=O) groups is 1. The van der Waals surface area contributed by atoms with Crippen molar-refractivity contribution in [1.29, 1.82) is 5.26 Å². The fourth-order valence-corrected chi connectivity index (χ4v) is 3.06. The molecule has 0 radical (unpaired) electrons. The molecule has 0 aliphatic heterocycles. The predicted octanol–water partition coefficient (Wildman–Crippen LogP) is 4.22. The number of thiazole rings is 1. The molecule has 1 heterocycles. The first-order chi connectivity index (χ1) is 10.7. The first-order valence-electron chi connectivity index (χ1n) is 6.80. The maximum Gasteiger partial charge on any atom is 0.266 e. The Bertz CT molecular complexity index is 787.